The molecule has 2 aliphatic heterocycles. The van der Waals surface area contributed by atoms with Gasteiger partial charge in [-0.25, -0.2) is 0 Å². The zero-order chi connectivity index (χ0) is 17.9. The first-order valence-electron chi connectivity index (χ1n) is 9.20. The maximum absolute atomic E-state index is 10.8. The number of nitrogens with one attached hydrogen (secondary N) is 1. The zero-order valence-electron chi connectivity index (χ0n) is 14.8. The molecule has 0 amide bonds. The molecule has 2 aromatic rings. The number of hydrogen-bond acceptors (Lipinski definition) is 6. The fraction of sp³-hybridized carbons (Fsp3) is 0.474. The fourth-order valence-corrected chi connectivity index (χ4v) is 4.94. The molecule has 2 fully saturated rings. The summed E-state index contributed by atoms with van der Waals surface area (Å²) in [7, 11) is 0. The monoisotopic (exact) mass is 372 g/mol. The van der Waals surface area contributed by atoms with Gasteiger partial charge in [-0.2, -0.15) is 0 Å². The van der Waals surface area contributed by atoms with Gasteiger partial charge in [0.1, 0.15) is 0 Å². The maximum Gasteiger partial charge on any atom is 0.269 e. The second-order valence-electron chi connectivity index (χ2n) is 7.03. The average Bonchev–Trinajstić information content (AvgIpc) is 3.33. The van der Waals surface area contributed by atoms with Crippen molar-refractivity contribution in [3.63, 3.8) is 0 Å². The van der Waals surface area contributed by atoms with E-state index in [9.17, 15) is 10.1 Å². The number of benzene rings is 1. The van der Waals surface area contributed by atoms with Gasteiger partial charge in [0.15, 0.2) is 0 Å². The van der Waals surface area contributed by atoms with Gasteiger partial charge in [-0.3, -0.25) is 19.9 Å². The number of nitro groups is 1. The maximum atomic E-state index is 10.8. The SMILES string of the molecule is O=[N+]([O-])c1ccc(-c2ccc(CN3CCC(N4CCNCC4)C3)s2)cc1. The molecule has 1 aromatic heterocycles. The molecular formula is C19H24N4O2S. The van der Waals surface area contributed by atoms with Gasteiger partial charge in [-0.1, -0.05) is 0 Å². The smallest absolute Gasteiger partial charge is 0.269 e. The summed E-state index contributed by atoms with van der Waals surface area (Å²) in [5.41, 5.74) is 1.19. The van der Waals surface area contributed by atoms with Gasteiger partial charge < -0.3 is 5.32 Å². The number of thiophene rings is 1. The molecule has 0 aliphatic carbocycles. The van der Waals surface area contributed by atoms with E-state index >= 15 is 0 Å². The zero-order valence-corrected chi connectivity index (χ0v) is 15.6. The minimum Gasteiger partial charge on any atom is -0.314 e. The standard InChI is InChI=1S/C19H24N4O2S/c24-23(25)16-3-1-15(2-4-16)19-6-5-18(26-19)14-21-10-7-17(13-21)22-11-8-20-9-12-22/h1-6,17,20H,7-14H2. The summed E-state index contributed by atoms with van der Waals surface area (Å²) in [4.78, 5) is 18.1. The van der Waals surface area contributed by atoms with Gasteiger partial charge >= 0.3 is 0 Å². The highest BCUT2D eigenvalue weighted by atomic mass is 32.1. The lowest BCUT2D eigenvalue weighted by Gasteiger charge is -2.32. The molecule has 6 nitrogen and oxygen atoms in total. The Morgan fingerprint density at radius 3 is 2.62 bits per heavy atom. The Balaban J connectivity index is 1.35. The molecule has 4 rings (SSSR count). The van der Waals surface area contributed by atoms with Crippen molar-refractivity contribution >= 4 is 17.0 Å². The van der Waals surface area contributed by atoms with E-state index in [1.54, 1.807) is 23.5 Å². The van der Waals surface area contributed by atoms with E-state index in [2.05, 4.69) is 27.2 Å². The molecule has 1 N–H and O–H groups in total. The Bertz CT molecular complexity index is 755. The Kier molecular flexibility index (Phi) is 5.31. The minimum atomic E-state index is -0.355. The molecule has 1 aromatic carbocycles. The lowest BCUT2D eigenvalue weighted by molar-refractivity contribution is -0.384. The highest BCUT2D eigenvalue weighted by Crippen LogP contribution is 2.31. The predicted octanol–water partition coefficient (Wildman–Crippen LogP) is 2.80. The molecule has 1 atom stereocenters. The third-order valence-corrected chi connectivity index (χ3v) is 6.44. The van der Waals surface area contributed by atoms with Crippen LogP contribution in [0.4, 0.5) is 5.69 Å². The normalized spacial score (nSPS) is 21.9. The van der Waals surface area contributed by atoms with Crippen LogP contribution in [0.25, 0.3) is 10.4 Å². The van der Waals surface area contributed by atoms with Crippen LogP contribution < -0.4 is 5.32 Å². The van der Waals surface area contributed by atoms with Crippen molar-refractivity contribution in [1.82, 2.24) is 15.1 Å². The topological polar surface area (TPSA) is 61.7 Å². The Hall–Kier alpha value is -1.80. The Morgan fingerprint density at radius 1 is 1.12 bits per heavy atom. The number of non-ortho nitro benzene ring substituents is 1. The van der Waals surface area contributed by atoms with Gasteiger partial charge in [0.05, 0.1) is 4.92 Å². The van der Waals surface area contributed by atoms with Crippen molar-refractivity contribution in [2.75, 3.05) is 39.3 Å². The van der Waals surface area contributed by atoms with Crippen LogP contribution >= 0.6 is 11.3 Å². The number of nitro benzene ring substituents is 1. The summed E-state index contributed by atoms with van der Waals surface area (Å²) in [6.07, 6.45) is 1.26. The minimum absolute atomic E-state index is 0.140. The lowest BCUT2D eigenvalue weighted by Crippen LogP contribution is -2.49. The molecule has 3 heterocycles. The molecule has 1 unspecified atom stereocenters. The Labute approximate surface area is 157 Å². The van der Waals surface area contributed by atoms with Crippen molar-refractivity contribution in [2.24, 2.45) is 0 Å². The van der Waals surface area contributed by atoms with Crippen molar-refractivity contribution in [3.8, 4) is 10.4 Å². The van der Waals surface area contributed by atoms with E-state index in [0.29, 0.717) is 6.04 Å². The first kappa shape index (κ1) is 17.6. The van der Waals surface area contributed by atoms with Crippen molar-refractivity contribution in [1.29, 1.82) is 0 Å². The summed E-state index contributed by atoms with van der Waals surface area (Å²) in [6.45, 7) is 7.88. The molecule has 2 aliphatic rings. The first-order chi connectivity index (χ1) is 12.7. The number of nitrogens with zero attached hydrogens (tertiary/aromatic N) is 3. The van der Waals surface area contributed by atoms with Gasteiger partial charge in [-0.15, -0.1) is 11.3 Å². The number of likely N-dealkylation sites (tertiary alicyclic amines) is 1. The quantitative estimate of drug-likeness (QED) is 0.646. The van der Waals surface area contributed by atoms with E-state index < -0.39 is 0 Å². The van der Waals surface area contributed by atoms with Gasteiger partial charge in [0.25, 0.3) is 5.69 Å². The summed E-state index contributed by atoms with van der Waals surface area (Å²) < 4.78 is 0. The van der Waals surface area contributed by atoms with Crippen LogP contribution in [-0.2, 0) is 6.54 Å². The van der Waals surface area contributed by atoms with Crippen LogP contribution in [0.1, 0.15) is 11.3 Å². The van der Waals surface area contributed by atoms with Gasteiger partial charge in [0, 0.05) is 73.7 Å². The van der Waals surface area contributed by atoms with E-state index in [1.807, 2.05) is 12.1 Å². The summed E-state index contributed by atoms with van der Waals surface area (Å²) in [6, 6.07) is 11.9. The third-order valence-electron chi connectivity index (χ3n) is 5.32. The predicted molar refractivity (Wildman–Crippen MR) is 105 cm³/mol. The molecule has 138 valence electrons. The van der Waals surface area contributed by atoms with Crippen LogP contribution in [0.15, 0.2) is 36.4 Å². The van der Waals surface area contributed by atoms with Crippen LogP contribution in [0.5, 0.6) is 0 Å². The molecule has 0 radical (unpaired) electrons. The largest absolute Gasteiger partial charge is 0.314 e. The van der Waals surface area contributed by atoms with E-state index in [4.69, 9.17) is 0 Å². The molecule has 0 bridgehead atoms. The van der Waals surface area contributed by atoms with Crippen molar-refractivity contribution in [3.05, 3.63) is 51.4 Å². The summed E-state index contributed by atoms with van der Waals surface area (Å²) in [5.74, 6) is 0. The highest BCUT2D eigenvalue weighted by molar-refractivity contribution is 7.15. The average molecular weight is 372 g/mol. The second kappa shape index (κ2) is 7.84. The van der Waals surface area contributed by atoms with Gasteiger partial charge in [-0.05, 0) is 36.2 Å². The third kappa shape index (κ3) is 3.96. The number of hydrogen-bond donors (Lipinski definition) is 1. The van der Waals surface area contributed by atoms with Crippen LogP contribution in [0.2, 0.25) is 0 Å². The molecule has 7 heteroatoms. The fourth-order valence-electron chi connectivity index (χ4n) is 3.89. The second-order valence-corrected chi connectivity index (χ2v) is 8.20. The lowest BCUT2D eigenvalue weighted by atomic mass is 10.2. The van der Waals surface area contributed by atoms with Crippen LogP contribution in [0, 0.1) is 10.1 Å². The summed E-state index contributed by atoms with van der Waals surface area (Å²) >= 11 is 1.79. The molecule has 0 spiro atoms. The Morgan fingerprint density at radius 2 is 1.88 bits per heavy atom. The highest BCUT2D eigenvalue weighted by Gasteiger charge is 2.28. The molecule has 2 saturated heterocycles. The van der Waals surface area contributed by atoms with E-state index in [-0.39, 0.29) is 10.6 Å². The molecule has 0 saturated carbocycles. The summed E-state index contributed by atoms with van der Waals surface area (Å²) in [5, 5.41) is 14.2. The first-order valence-corrected chi connectivity index (χ1v) is 10.0. The van der Waals surface area contributed by atoms with Crippen LogP contribution in [-0.4, -0.2) is 60.0 Å². The molecular weight excluding hydrogens is 348 g/mol. The number of rotatable bonds is 5. The van der Waals surface area contributed by atoms with Gasteiger partial charge in [0.2, 0.25) is 0 Å². The van der Waals surface area contributed by atoms with Crippen molar-refractivity contribution in [2.45, 2.75) is 19.0 Å². The van der Waals surface area contributed by atoms with E-state index in [0.717, 1.165) is 31.7 Å². The van der Waals surface area contributed by atoms with Crippen molar-refractivity contribution < 1.29 is 4.92 Å². The van der Waals surface area contributed by atoms with Crippen LogP contribution in [0.3, 0.4) is 0 Å². The molecule has 26 heavy (non-hydrogen) atoms. The number of piperazine rings is 1. The van der Waals surface area contributed by atoms with E-state index in [1.165, 1.54) is 35.8 Å².